The third kappa shape index (κ3) is 4.37. The fourth-order valence-corrected chi connectivity index (χ4v) is 1.63. The van der Waals surface area contributed by atoms with Crippen molar-refractivity contribution >= 4 is 17.5 Å². The van der Waals surface area contributed by atoms with Gasteiger partial charge in [0.1, 0.15) is 0 Å². The summed E-state index contributed by atoms with van der Waals surface area (Å²) in [5.41, 5.74) is 6.95. The Balaban J connectivity index is 2.67. The quantitative estimate of drug-likeness (QED) is 0.844. The van der Waals surface area contributed by atoms with Crippen molar-refractivity contribution in [3.63, 3.8) is 0 Å². The van der Waals surface area contributed by atoms with Gasteiger partial charge in [0.2, 0.25) is 5.91 Å². The second-order valence-corrected chi connectivity index (χ2v) is 4.66. The van der Waals surface area contributed by atoms with Gasteiger partial charge in [0, 0.05) is 25.3 Å². The molecule has 0 aliphatic carbocycles. The van der Waals surface area contributed by atoms with Gasteiger partial charge in [-0.2, -0.15) is 0 Å². The summed E-state index contributed by atoms with van der Waals surface area (Å²) in [5.74, 6) is -0.269. The molecule has 3 N–H and O–H groups in total. The van der Waals surface area contributed by atoms with E-state index in [9.17, 15) is 9.59 Å². The van der Waals surface area contributed by atoms with Crippen molar-refractivity contribution in [1.82, 2.24) is 4.90 Å². The second-order valence-electron chi connectivity index (χ2n) is 4.66. The van der Waals surface area contributed by atoms with Gasteiger partial charge >= 0.3 is 0 Å². The Morgan fingerprint density at radius 1 is 1.26 bits per heavy atom. The first-order valence-corrected chi connectivity index (χ1v) is 6.34. The molecule has 0 radical (unpaired) electrons. The summed E-state index contributed by atoms with van der Waals surface area (Å²) in [6.07, 6.45) is 1.52. The molecule has 0 unspecified atom stereocenters. The first-order valence-electron chi connectivity index (χ1n) is 6.34. The van der Waals surface area contributed by atoms with E-state index in [2.05, 4.69) is 5.32 Å². The molecule has 1 aromatic carbocycles. The van der Waals surface area contributed by atoms with Crippen molar-refractivity contribution in [3.05, 3.63) is 29.8 Å². The van der Waals surface area contributed by atoms with Gasteiger partial charge in [-0.25, -0.2) is 0 Å². The Morgan fingerprint density at radius 2 is 1.84 bits per heavy atom. The highest BCUT2D eigenvalue weighted by atomic mass is 16.2. The summed E-state index contributed by atoms with van der Waals surface area (Å²) in [6.45, 7) is 1.98. The van der Waals surface area contributed by atoms with Gasteiger partial charge in [-0.3, -0.25) is 9.59 Å². The first kappa shape index (κ1) is 15.2. The largest absolute Gasteiger partial charge is 0.345 e. The number of nitrogens with one attached hydrogen (secondary N) is 1. The summed E-state index contributed by atoms with van der Waals surface area (Å²) in [4.78, 5) is 24.9. The molecule has 104 valence electrons. The van der Waals surface area contributed by atoms with E-state index < -0.39 is 6.04 Å². The van der Waals surface area contributed by atoms with E-state index in [0.717, 1.165) is 6.42 Å². The minimum atomic E-state index is -0.493. The standard InChI is InChI=1S/C14H21N3O2/c1-4-5-12(15)13(18)16-11-8-6-10(7-9-11)14(19)17(2)3/h6-9,12H,4-5,15H2,1-3H3,(H,16,18)/t12-/m1/s1. The van der Waals surface area contributed by atoms with Crippen LogP contribution in [0.3, 0.4) is 0 Å². The molecule has 2 amide bonds. The molecule has 0 aromatic heterocycles. The highest BCUT2D eigenvalue weighted by Gasteiger charge is 2.13. The molecule has 0 saturated heterocycles. The van der Waals surface area contributed by atoms with Gasteiger partial charge in [-0.15, -0.1) is 0 Å². The molecule has 0 spiro atoms. The molecule has 19 heavy (non-hydrogen) atoms. The SMILES string of the molecule is CCC[C@@H](N)C(=O)Nc1ccc(C(=O)N(C)C)cc1. The number of carbonyl (C=O) groups excluding carboxylic acids is 2. The van der Waals surface area contributed by atoms with Crippen LogP contribution in [-0.4, -0.2) is 36.9 Å². The van der Waals surface area contributed by atoms with Gasteiger partial charge in [0.05, 0.1) is 6.04 Å². The molecule has 0 bridgehead atoms. The number of hydrogen-bond donors (Lipinski definition) is 2. The van der Waals surface area contributed by atoms with Crippen LogP contribution in [0.2, 0.25) is 0 Å². The van der Waals surface area contributed by atoms with E-state index in [4.69, 9.17) is 5.73 Å². The van der Waals surface area contributed by atoms with Crippen molar-refractivity contribution in [2.45, 2.75) is 25.8 Å². The molecule has 0 heterocycles. The first-order chi connectivity index (χ1) is 8.95. The Labute approximate surface area is 113 Å². The van der Waals surface area contributed by atoms with Crippen LogP contribution in [0.4, 0.5) is 5.69 Å². The van der Waals surface area contributed by atoms with Crippen molar-refractivity contribution in [2.75, 3.05) is 19.4 Å². The topological polar surface area (TPSA) is 75.4 Å². The number of carbonyl (C=O) groups is 2. The summed E-state index contributed by atoms with van der Waals surface area (Å²) < 4.78 is 0. The van der Waals surface area contributed by atoms with E-state index in [1.54, 1.807) is 38.4 Å². The number of hydrogen-bond acceptors (Lipinski definition) is 3. The Hall–Kier alpha value is -1.88. The van der Waals surface area contributed by atoms with Crippen LogP contribution in [0.1, 0.15) is 30.1 Å². The number of rotatable bonds is 5. The lowest BCUT2D eigenvalue weighted by Crippen LogP contribution is -2.35. The lowest BCUT2D eigenvalue weighted by molar-refractivity contribution is -0.117. The second kappa shape index (κ2) is 6.89. The van der Waals surface area contributed by atoms with E-state index in [-0.39, 0.29) is 11.8 Å². The van der Waals surface area contributed by atoms with Crippen molar-refractivity contribution < 1.29 is 9.59 Å². The third-order valence-corrected chi connectivity index (χ3v) is 2.74. The fourth-order valence-electron chi connectivity index (χ4n) is 1.63. The lowest BCUT2D eigenvalue weighted by Gasteiger charge is -2.13. The van der Waals surface area contributed by atoms with Gasteiger partial charge in [-0.05, 0) is 30.7 Å². The highest BCUT2D eigenvalue weighted by molar-refractivity contribution is 5.96. The normalized spacial score (nSPS) is 11.8. The average molecular weight is 263 g/mol. The minimum Gasteiger partial charge on any atom is -0.345 e. The Bertz CT molecular complexity index is 441. The highest BCUT2D eigenvalue weighted by Crippen LogP contribution is 2.11. The molecule has 0 fully saturated rings. The van der Waals surface area contributed by atoms with Crippen LogP contribution in [0.25, 0.3) is 0 Å². The van der Waals surface area contributed by atoms with E-state index in [1.165, 1.54) is 4.90 Å². The maximum Gasteiger partial charge on any atom is 0.253 e. The lowest BCUT2D eigenvalue weighted by atomic mass is 10.1. The Kier molecular flexibility index (Phi) is 5.51. The zero-order chi connectivity index (χ0) is 14.4. The maximum absolute atomic E-state index is 11.7. The van der Waals surface area contributed by atoms with Crippen LogP contribution >= 0.6 is 0 Å². The smallest absolute Gasteiger partial charge is 0.253 e. The van der Waals surface area contributed by atoms with E-state index in [0.29, 0.717) is 17.7 Å². The molecule has 5 heteroatoms. The molecule has 0 aliphatic rings. The predicted octanol–water partition coefficient (Wildman–Crippen LogP) is 1.45. The molecular formula is C14H21N3O2. The third-order valence-electron chi connectivity index (χ3n) is 2.74. The van der Waals surface area contributed by atoms with Crippen LogP contribution in [0.15, 0.2) is 24.3 Å². The molecule has 1 rings (SSSR count). The molecule has 5 nitrogen and oxygen atoms in total. The van der Waals surface area contributed by atoms with Gasteiger partial charge < -0.3 is 16.0 Å². The van der Waals surface area contributed by atoms with Crippen LogP contribution in [-0.2, 0) is 4.79 Å². The van der Waals surface area contributed by atoms with Crippen LogP contribution in [0, 0.1) is 0 Å². The molecule has 1 atom stereocenters. The van der Waals surface area contributed by atoms with Gasteiger partial charge in [-0.1, -0.05) is 13.3 Å². The number of benzene rings is 1. The van der Waals surface area contributed by atoms with Crippen molar-refractivity contribution in [2.24, 2.45) is 5.73 Å². The zero-order valence-electron chi connectivity index (χ0n) is 11.6. The molecule has 0 aliphatic heterocycles. The monoisotopic (exact) mass is 263 g/mol. The molecular weight excluding hydrogens is 242 g/mol. The number of nitrogens with two attached hydrogens (primary N) is 1. The maximum atomic E-state index is 11.7. The zero-order valence-corrected chi connectivity index (χ0v) is 11.6. The fraction of sp³-hybridized carbons (Fsp3) is 0.429. The number of amides is 2. The van der Waals surface area contributed by atoms with Crippen molar-refractivity contribution in [1.29, 1.82) is 0 Å². The number of anilines is 1. The van der Waals surface area contributed by atoms with Crippen molar-refractivity contribution in [3.8, 4) is 0 Å². The summed E-state index contributed by atoms with van der Waals surface area (Å²) in [7, 11) is 3.39. The Morgan fingerprint density at radius 3 is 2.32 bits per heavy atom. The van der Waals surface area contributed by atoms with Gasteiger partial charge in [0.15, 0.2) is 0 Å². The molecule has 0 saturated carbocycles. The summed E-state index contributed by atoms with van der Waals surface area (Å²) >= 11 is 0. The van der Waals surface area contributed by atoms with E-state index >= 15 is 0 Å². The van der Waals surface area contributed by atoms with Gasteiger partial charge in [0.25, 0.3) is 5.91 Å². The van der Waals surface area contributed by atoms with Crippen LogP contribution in [0.5, 0.6) is 0 Å². The summed E-state index contributed by atoms with van der Waals surface area (Å²) in [5, 5.41) is 2.73. The number of nitrogens with zero attached hydrogens (tertiary/aromatic N) is 1. The molecule has 1 aromatic rings. The van der Waals surface area contributed by atoms with Crippen LogP contribution < -0.4 is 11.1 Å². The van der Waals surface area contributed by atoms with E-state index in [1.807, 2.05) is 6.92 Å². The average Bonchev–Trinajstić information content (AvgIpc) is 2.38. The predicted molar refractivity (Wildman–Crippen MR) is 76.0 cm³/mol. The summed E-state index contributed by atoms with van der Waals surface area (Å²) in [6, 6.07) is 6.28. The minimum absolute atomic E-state index is 0.0689.